The molecule has 3 aromatic carbocycles. The lowest BCUT2D eigenvalue weighted by molar-refractivity contribution is 0.0870. The van der Waals surface area contributed by atoms with E-state index < -0.39 is 0 Å². The summed E-state index contributed by atoms with van der Waals surface area (Å²) in [5.74, 6) is 1.01. The molecule has 0 fully saturated rings. The Balaban J connectivity index is 1.69. The fraction of sp³-hybridized carbons (Fsp3) is 0.333. The van der Waals surface area contributed by atoms with E-state index in [9.17, 15) is 4.79 Å². The number of hydrogen-bond donors (Lipinski definition) is 0. The number of hydrogen-bond acceptors (Lipinski definition) is 2. The van der Waals surface area contributed by atoms with Gasteiger partial charge < -0.3 is 0 Å². The maximum Gasteiger partial charge on any atom is 0.254 e. The van der Waals surface area contributed by atoms with E-state index in [1.807, 2.05) is 43.3 Å². The first kappa shape index (κ1) is 21.6. The summed E-state index contributed by atoms with van der Waals surface area (Å²) in [6.45, 7) is 8.84. The van der Waals surface area contributed by atoms with E-state index in [2.05, 4.69) is 57.2 Å². The van der Waals surface area contributed by atoms with Crippen LogP contribution in [0.25, 0.3) is 22.0 Å². The van der Waals surface area contributed by atoms with Crippen LogP contribution in [-0.4, -0.2) is 15.7 Å². The standard InChI is InChI=1S/C30H32N2O/c1-19(2)24-18-17-20(3)27-28(24)31-32(29(27)23-12-6-5-7-13-23)30(33)21(4)25-16-10-14-22-11-8-9-15-26(22)25/h5-16,19-21,24H,17-18H2,1-4H3/t20-,21-,24+/m1/s1. The largest absolute Gasteiger partial charge is 0.272 e. The van der Waals surface area contributed by atoms with E-state index in [1.165, 1.54) is 5.56 Å². The highest BCUT2D eigenvalue weighted by Crippen LogP contribution is 2.46. The molecule has 3 atom stereocenters. The average molecular weight is 437 g/mol. The fourth-order valence-electron chi connectivity index (χ4n) is 5.54. The zero-order valence-corrected chi connectivity index (χ0v) is 20.0. The number of nitrogens with zero attached hydrogens (tertiary/aromatic N) is 2. The number of rotatable bonds is 4. The van der Waals surface area contributed by atoms with Gasteiger partial charge in [-0.2, -0.15) is 9.78 Å². The highest BCUT2D eigenvalue weighted by molar-refractivity contribution is 5.95. The summed E-state index contributed by atoms with van der Waals surface area (Å²) in [6.07, 6.45) is 2.26. The Bertz CT molecular complexity index is 1300. The molecule has 4 aromatic rings. The van der Waals surface area contributed by atoms with Crippen molar-refractivity contribution < 1.29 is 4.79 Å². The molecular formula is C30H32N2O. The van der Waals surface area contributed by atoms with Crippen LogP contribution in [0.15, 0.2) is 72.8 Å². The van der Waals surface area contributed by atoms with Gasteiger partial charge in [0.05, 0.1) is 17.3 Å². The monoisotopic (exact) mass is 436 g/mol. The van der Waals surface area contributed by atoms with Crippen LogP contribution in [0.2, 0.25) is 0 Å². The van der Waals surface area contributed by atoms with Gasteiger partial charge in [0.1, 0.15) is 0 Å². The maximum absolute atomic E-state index is 14.1. The van der Waals surface area contributed by atoms with Crippen molar-refractivity contribution in [2.24, 2.45) is 5.92 Å². The number of aromatic nitrogens is 2. The number of benzene rings is 3. The Morgan fingerprint density at radius 2 is 1.61 bits per heavy atom. The molecule has 0 N–H and O–H groups in total. The third kappa shape index (κ3) is 3.70. The minimum Gasteiger partial charge on any atom is -0.272 e. The van der Waals surface area contributed by atoms with Crippen molar-refractivity contribution in [3.63, 3.8) is 0 Å². The normalized spacial score (nSPS) is 18.9. The van der Waals surface area contributed by atoms with E-state index >= 15 is 0 Å². The zero-order valence-electron chi connectivity index (χ0n) is 20.0. The molecule has 0 spiro atoms. The van der Waals surface area contributed by atoms with Crippen LogP contribution >= 0.6 is 0 Å². The Morgan fingerprint density at radius 3 is 2.36 bits per heavy atom. The van der Waals surface area contributed by atoms with Gasteiger partial charge in [-0.1, -0.05) is 93.6 Å². The smallest absolute Gasteiger partial charge is 0.254 e. The average Bonchev–Trinajstić information content (AvgIpc) is 3.24. The Hall–Kier alpha value is -3.20. The number of fused-ring (bicyclic) bond motifs is 2. The van der Waals surface area contributed by atoms with Crippen molar-refractivity contribution in [2.75, 3.05) is 0 Å². The van der Waals surface area contributed by atoms with Crippen molar-refractivity contribution in [1.29, 1.82) is 0 Å². The highest BCUT2D eigenvalue weighted by atomic mass is 16.2. The van der Waals surface area contributed by atoms with Crippen LogP contribution in [0.1, 0.15) is 79.9 Å². The molecule has 168 valence electrons. The van der Waals surface area contributed by atoms with Gasteiger partial charge in [-0.05, 0) is 47.9 Å². The van der Waals surface area contributed by atoms with E-state index in [0.29, 0.717) is 17.8 Å². The molecule has 0 bridgehead atoms. The van der Waals surface area contributed by atoms with Gasteiger partial charge >= 0.3 is 0 Å². The molecule has 5 rings (SSSR count). The highest BCUT2D eigenvalue weighted by Gasteiger charge is 2.36. The lowest BCUT2D eigenvalue weighted by Gasteiger charge is -2.28. The van der Waals surface area contributed by atoms with Crippen molar-refractivity contribution >= 4 is 16.7 Å². The minimum atomic E-state index is -0.298. The third-order valence-corrected chi connectivity index (χ3v) is 7.43. The lowest BCUT2D eigenvalue weighted by atomic mass is 9.75. The topological polar surface area (TPSA) is 34.9 Å². The Kier molecular flexibility index (Phi) is 5.65. The molecule has 0 amide bonds. The van der Waals surface area contributed by atoms with E-state index in [-0.39, 0.29) is 11.8 Å². The zero-order chi connectivity index (χ0) is 23.1. The molecule has 0 saturated carbocycles. The second kappa shape index (κ2) is 8.62. The predicted molar refractivity (Wildman–Crippen MR) is 136 cm³/mol. The summed E-state index contributed by atoms with van der Waals surface area (Å²) in [4.78, 5) is 14.1. The van der Waals surface area contributed by atoms with Crippen molar-refractivity contribution in [2.45, 2.75) is 58.3 Å². The van der Waals surface area contributed by atoms with Crippen LogP contribution in [0, 0.1) is 5.92 Å². The molecule has 1 aliphatic rings. The summed E-state index contributed by atoms with van der Waals surface area (Å²) in [6, 6.07) is 24.9. The van der Waals surface area contributed by atoms with Gasteiger partial charge in [0.25, 0.3) is 5.91 Å². The summed E-state index contributed by atoms with van der Waals surface area (Å²) in [5, 5.41) is 7.36. The summed E-state index contributed by atoms with van der Waals surface area (Å²) in [5.41, 5.74) is 5.51. The van der Waals surface area contributed by atoms with Gasteiger partial charge in [-0.15, -0.1) is 0 Å². The molecule has 0 aliphatic heterocycles. The first-order valence-corrected chi connectivity index (χ1v) is 12.2. The molecule has 33 heavy (non-hydrogen) atoms. The molecular weight excluding hydrogens is 404 g/mol. The van der Waals surface area contributed by atoms with E-state index in [1.54, 1.807) is 4.68 Å². The van der Waals surface area contributed by atoms with Crippen molar-refractivity contribution in [3.8, 4) is 11.3 Å². The minimum absolute atomic E-state index is 0.0364. The van der Waals surface area contributed by atoms with Crippen LogP contribution < -0.4 is 0 Å². The molecule has 1 heterocycles. The molecule has 1 aliphatic carbocycles. The van der Waals surface area contributed by atoms with Gasteiger partial charge in [-0.25, -0.2) is 0 Å². The molecule has 0 saturated heterocycles. The summed E-state index contributed by atoms with van der Waals surface area (Å²) < 4.78 is 1.74. The Labute approximate surface area is 196 Å². The first-order chi connectivity index (χ1) is 16.0. The van der Waals surface area contributed by atoms with Crippen LogP contribution in [-0.2, 0) is 0 Å². The predicted octanol–water partition coefficient (Wildman–Crippen LogP) is 7.78. The maximum atomic E-state index is 14.1. The van der Waals surface area contributed by atoms with E-state index in [4.69, 9.17) is 5.10 Å². The lowest BCUT2D eigenvalue weighted by Crippen LogP contribution is -2.21. The molecule has 0 radical (unpaired) electrons. The second-order valence-electron chi connectivity index (χ2n) is 9.88. The summed E-state index contributed by atoms with van der Waals surface area (Å²) >= 11 is 0. The van der Waals surface area contributed by atoms with Crippen LogP contribution in [0.5, 0.6) is 0 Å². The SMILES string of the molecule is CC(C)[C@@H]1CC[C@@H](C)c2c1nn(C(=O)[C@H](C)c1cccc3ccccc13)c2-c1ccccc1. The molecule has 3 heteroatoms. The van der Waals surface area contributed by atoms with Gasteiger partial charge in [0.2, 0.25) is 0 Å². The van der Waals surface area contributed by atoms with Crippen molar-refractivity contribution in [1.82, 2.24) is 9.78 Å². The summed E-state index contributed by atoms with van der Waals surface area (Å²) in [7, 11) is 0. The van der Waals surface area contributed by atoms with Gasteiger partial charge in [0, 0.05) is 17.0 Å². The fourth-order valence-corrected chi connectivity index (χ4v) is 5.54. The van der Waals surface area contributed by atoms with E-state index in [0.717, 1.165) is 46.1 Å². The third-order valence-electron chi connectivity index (χ3n) is 7.43. The Morgan fingerprint density at radius 1 is 0.909 bits per heavy atom. The quantitative estimate of drug-likeness (QED) is 0.327. The van der Waals surface area contributed by atoms with Crippen LogP contribution in [0.4, 0.5) is 0 Å². The molecule has 0 unspecified atom stereocenters. The number of carbonyl (C=O) groups is 1. The second-order valence-corrected chi connectivity index (χ2v) is 9.88. The van der Waals surface area contributed by atoms with Crippen molar-refractivity contribution in [3.05, 3.63) is 89.6 Å². The van der Waals surface area contributed by atoms with Gasteiger partial charge in [0.15, 0.2) is 0 Å². The molecule has 3 nitrogen and oxygen atoms in total. The van der Waals surface area contributed by atoms with Gasteiger partial charge in [-0.3, -0.25) is 4.79 Å². The molecule has 1 aromatic heterocycles. The number of carbonyl (C=O) groups excluding carboxylic acids is 1. The van der Waals surface area contributed by atoms with Crippen LogP contribution in [0.3, 0.4) is 0 Å². The first-order valence-electron chi connectivity index (χ1n) is 12.2.